The molecule has 1 aliphatic carbocycles. The van der Waals surface area contributed by atoms with Crippen molar-refractivity contribution in [2.24, 2.45) is 0 Å². The number of rotatable bonds is 1. The van der Waals surface area contributed by atoms with Gasteiger partial charge in [-0.15, -0.1) is 0 Å². The summed E-state index contributed by atoms with van der Waals surface area (Å²) in [5.41, 5.74) is -4.34. The van der Waals surface area contributed by atoms with Gasteiger partial charge in [-0.1, -0.05) is 6.08 Å². The van der Waals surface area contributed by atoms with Crippen LogP contribution in [0, 0.1) is 0 Å². The monoisotopic (exact) mass is 212 g/mol. The predicted molar refractivity (Wildman–Crippen MR) is 38.1 cm³/mol. The third-order valence-corrected chi connectivity index (χ3v) is 1.83. The Kier molecular flexibility index (Phi) is 2.47. The van der Waals surface area contributed by atoms with E-state index >= 15 is 0 Å². The Labute approximate surface area is 75.9 Å². The van der Waals surface area contributed by atoms with Crippen LogP contribution < -0.4 is 0 Å². The molecule has 14 heavy (non-hydrogen) atoms. The number of carbonyl (C=O) groups excluding carboxylic acids is 1. The van der Waals surface area contributed by atoms with Crippen molar-refractivity contribution in [1.82, 2.24) is 0 Å². The van der Waals surface area contributed by atoms with Crippen LogP contribution >= 0.6 is 0 Å². The summed E-state index contributed by atoms with van der Waals surface area (Å²) in [6, 6.07) is 0. The first kappa shape index (κ1) is 10.9. The van der Waals surface area contributed by atoms with E-state index in [0.29, 0.717) is 12.2 Å². The van der Waals surface area contributed by atoms with Crippen molar-refractivity contribution in [1.29, 1.82) is 0 Å². The Balaban J connectivity index is 3.04. The van der Waals surface area contributed by atoms with Crippen molar-refractivity contribution in [3.63, 3.8) is 0 Å². The van der Waals surface area contributed by atoms with E-state index in [1.54, 1.807) is 0 Å². The molecule has 0 aromatic heterocycles. The van der Waals surface area contributed by atoms with Crippen LogP contribution in [0.1, 0.15) is 0 Å². The third-order valence-electron chi connectivity index (χ3n) is 1.83. The minimum absolute atomic E-state index is 0.0153. The van der Waals surface area contributed by atoms with Gasteiger partial charge in [0.15, 0.2) is 6.17 Å². The number of alkyl halides is 5. The second-order valence-electron chi connectivity index (χ2n) is 2.79. The van der Waals surface area contributed by atoms with Gasteiger partial charge < -0.3 is 0 Å². The van der Waals surface area contributed by atoms with Crippen LogP contribution in [-0.4, -0.2) is 24.3 Å². The maximum atomic E-state index is 13.0. The lowest BCUT2D eigenvalue weighted by atomic mass is 9.92. The van der Waals surface area contributed by atoms with E-state index in [4.69, 9.17) is 0 Å². The first-order valence-electron chi connectivity index (χ1n) is 3.57. The number of halogens is 5. The lowest BCUT2D eigenvalue weighted by Crippen LogP contribution is -2.47. The summed E-state index contributed by atoms with van der Waals surface area (Å²) in [6.07, 6.45) is -7.13. The van der Waals surface area contributed by atoms with Crippen LogP contribution in [0.25, 0.3) is 0 Å². The van der Waals surface area contributed by atoms with Gasteiger partial charge in [-0.25, -0.2) is 8.78 Å². The Hall–Kier alpha value is -1.20. The Morgan fingerprint density at radius 2 is 2.00 bits per heavy atom. The van der Waals surface area contributed by atoms with Gasteiger partial charge in [-0.2, -0.15) is 13.2 Å². The largest absolute Gasteiger partial charge is 0.429 e. The molecule has 1 aliphatic rings. The number of carbonyl (C=O) groups is 1. The SMILES string of the molecule is O=CC1=CC(F)C(F)(C(F)(F)F)C=C1. The lowest BCUT2D eigenvalue weighted by molar-refractivity contribution is -0.225. The van der Waals surface area contributed by atoms with Crippen LogP contribution in [0.2, 0.25) is 0 Å². The van der Waals surface area contributed by atoms with Crippen molar-refractivity contribution >= 4 is 6.29 Å². The standard InChI is InChI=1S/C8H5F5O/c9-6-3-5(4-14)1-2-7(6,10)8(11,12)13/h1-4,6H. The maximum Gasteiger partial charge on any atom is 0.429 e. The van der Waals surface area contributed by atoms with Crippen LogP contribution in [0.5, 0.6) is 0 Å². The molecule has 1 rings (SSSR count). The molecule has 6 heteroatoms. The van der Waals surface area contributed by atoms with Gasteiger partial charge in [0.1, 0.15) is 6.29 Å². The number of hydrogen-bond donors (Lipinski definition) is 0. The van der Waals surface area contributed by atoms with Gasteiger partial charge in [-0.05, 0) is 12.2 Å². The number of hydrogen-bond acceptors (Lipinski definition) is 1. The minimum atomic E-state index is -5.33. The smallest absolute Gasteiger partial charge is 0.298 e. The Bertz CT molecular complexity index is 303. The molecule has 2 atom stereocenters. The molecular weight excluding hydrogens is 207 g/mol. The molecule has 0 aromatic rings. The molecule has 0 bridgehead atoms. The summed E-state index contributed by atoms with van der Waals surface area (Å²) in [7, 11) is 0. The summed E-state index contributed by atoms with van der Waals surface area (Å²) in [5.74, 6) is 0. The summed E-state index contributed by atoms with van der Waals surface area (Å²) in [6.45, 7) is 0. The van der Waals surface area contributed by atoms with E-state index in [-0.39, 0.29) is 17.9 Å². The second-order valence-corrected chi connectivity index (χ2v) is 2.79. The van der Waals surface area contributed by atoms with Gasteiger partial charge in [-0.3, -0.25) is 4.79 Å². The lowest BCUT2D eigenvalue weighted by Gasteiger charge is -2.28. The van der Waals surface area contributed by atoms with Gasteiger partial charge in [0.05, 0.1) is 0 Å². The zero-order valence-electron chi connectivity index (χ0n) is 6.68. The molecule has 0 aromatic carbocycles. The van der Waals surface area contributed by atoms with Gasteiger partial charge in [0.25, 0.3) is 5.67 Å². The fourth-order valence-electron chi connectivity index (χ4n) is 0.985. The zero-order chi connectivity index (χ0) is 11.0. The highest BCUT2D eigenvalue weighted by Gasteiger charge is 2.60. The van der Waals surface area contributed by atoms with Crippen molar-refractivity contribution in [3.05, 3.63) is 23.8 Å². The predicted octanol–water partition coefficient (Wildman–Crippen LogP) is 2.29. The van der Waals surface area contributed by atoms with E-state index in [2.05, 4.69) is 0 Å². The normalized spacial score (nSPS) is 32.6. The number of allylic oxidation sites excluding steroid dienone is 4. The molecule has 0 saturated heterocycles. The van der Waals surface area contributed by atoms with Crippen LogP contribution in [-0.2, 0) is 4.79 Å². The van der Waals surface area contributed by atoms with Crippen LogP contribution in [0.15, 0.2) is 23.8 Å². The number of aldehydes is 1. The molecule has 0 aliphatic heterocycles. The van der Waals surface area contributed by atoms with Gasteiger partial charge in [0, 0.05) is 5.57 Å². The highest BCUT2D eigenvalue weighted by molar-refractivity contribution is 5.78. The molecule has 0 radical (unpaired) electrons. The molecule has 0 N–H and O–H groups in total. The van der Waals surface area contributed by atoms with Crippen LogP contribution in [0.4, 0.5) is 22.0 Å². The van der Waals surface area contributed by atoms with Gasteiger partial charge in [0.2, 0.25) is 0 Å². The van der Waals surface area contributed by atoms with Crippen molar-refractivity contribution in [2.45, 2.75) is 18.0 Å². The van der Waals surface area contributed by atoms with Gasteiger partial charge >= 0.3 is 6.18 Å². The minimum Gasteiger partial charge on any atom is -0.298 e. The molecule has 1 nitrogen and oxygen atoms in total. The molecule has 0 fully saturated rings. The first-order chi connectivity index (χ1) is 6.31. The second kappa shape index (κ2) is 3.18. The molecule has 0 saturated carbocycles. The van der Waals surface area contributed by atoms with E-state index in [1.807, 2.05) is 0 Å². The van der Waals surface area contributed by atoms with E-state index < -0.39 is 18.0 Å². The van der Waals surface area contributed by atoms with E-state index in [0.717, 1.165) is 0 Å². The molecule has 0 amide bonds. The maximum absolute atomic E-state index is 13.0. The topological polar surface area (TPSA) is 17.1 Å². The average Bonchev–Trinajstić information content (AvgIpc) is 2.08. The van der Waals surface area contributed by atoms with Crippen molar-refractivity contribution in [2.75, 3.05) is 0 Å². The summed E-state index contributed by atoms with van der Waals surface area (Å²) < 4.78 is 61.9. The summed E-state index contributed by atoms with van der Waals surface area (Å²) >= 11 is 0. The summed E-state index contributed by atoms with van der Waals surface area (Å²) in [5, 5.41) is 0. The van der Waals surface area contributed by atoms with Crippen LogP contribution in [0.3, 0.4) is 0 Å². The fourth-order valence-corrected chi connectivity index (χ4v) is 0.985. The summed E-state index contributed by atoms with van der Waals surface area (Å²) in [4.78, 5) is 10.1. The average molecular weight is 212 g/mol. The Morgan fingerprint density at radius 1 is 1.43 bits per heavy atom. The molecule has 0 spiro atoms. The van der Waals surface area contributed by atoms with Crippen molar-refractivity contribution in [3.8, 4) is 0 Å². The fraction of sp³-hybridized carbons (Fsp3) is 0.375. The molecule has 78 valence electrons. The first-order valence-corrected chi connectivity index (χ1v) is 3.57. The van der Waals surface area contributed by atoms with E-state index in [1.165, 1.54) is 0 Å². The quantitative estimate of drug-likeness (QED) is 0.481. The highest BCUT2D eigenvalue weighted by Crippen LogP contribution is 2.41. The highest BCUT2D eigenvalue weighted by atomic mass is 19.4. The third kappa shape index (κ3) is 1.56. The molecule has 2 unspecified atom stereocenters. The molecule has 0 heterocycles. The van der Waals surface area contributed by atoms with Crippen molar-refractivity contribution < 1.29 is 26.7 Å². The Morgan fingerprint density at radius 3 is 2.36 bits per heavy atom. The molecular formula is C8H5F5O. The zero-order valence-corrected chi connectivity index (χ0v) is 6.68. The van der Waals surface area contributed by atoms with E-state index in [9.17, 15) is 26.7 Å².